The van der Waals surface area contributed by atoms with Crippen LogP contribution in [0.4, 0.5) is 0 Å². The lowest BCUT2D eigenvalue weighted by Gasteiger charge is -2.30. The number of nitrogens with zero attached hydrogens (tertiary/aromatic N) is 1. The van der Waals surface area contributed by atoms with Crippen LogP contribution in [-0.2, 0) is 9.53 Å². The molecule has 1 atom stereocenters. The molecule has 8 nitrogen and oxygen atoms in total. The minimum atomic E-state index is -1.21. The van der Waals surface area contributed by atoms with Crippen molar-refractivity contribution in [3.63, 3.8) is 0 Å². The summed E-state index contributed by atoms with van der Waals surface area (Å²) in [6.07, 6.45) is 1.47. The van der Waals surface area contributed by atoms with Crippen molar-refractivity contribution in [1.82, 2.24) is 10.3 Å². The average molecular weight is 321 g/mol. The molecule has 1 aromatic heterocycles. The number of carboxylic acids is 1. The van der Waals surface area contributed by atoms with E-state index in [1.165, 1.54) is 18.2 Å². The predicted molar refractivity (Wildman–Crippen MR) is 79.8 cm³/mol. The normalized spacial score (nSPS) is 16.5. The zero-order chi connectivity index (χ0) is 16.8. The van der Waals surface area contributed by atoms with Crippen LogP contribution in [0.1, 0.15) is 40.2 Å². The number of hydrogen-bond donors (Lipinski definition) is 3. The summed E-state index contributed by atoms with van der Waals surface area (Å²) >= 11 is 0. The van der Waals surface area contributed by atoms with Gasteiger partial charge in [0.25, 0.3) is 5.91 Å². The monoisotopic (exact) mass is 321 g/mol. The van der Waals surface area contributed by atoms with E-state index in [0.29, 0.717) is 13.2 Å². The summed E-state index contributed by atoms with van der Waals surface area (Å²) in [7, 11) is 0. The van der Waals surface area contributed by atoms with Gasteiger partial charge in [-0.25, -0.2) is 9.78 Å². The van der Waals surface area contributed by atoms with Gasteiger partial charge in [-0.2, -0.15) is 0 Å². The van der Waals surface area contributed by atoms with Crippen LogP contribution < -0.4 is 11.1 Å². The number of primary amides is 1. The number of carboxylic acid groups (broad SMARTS) is 1. The quantitative estimate of drug-likeness (QED) is 0.685. The number of nitrogens with one attached hydrogen (secondary N) is 1. The van der Waals surface area contributed by atoms with Gasteiger partial charge >= 0.3 is 5.97 Å². The highest BCUT2D eigenvalue weighted by Gasteiger charge is 2.27. The van der Waals surface area contributed by atoms with E-state index in [1.807, 2.05) is 0 Å². The van der Waals surface area contributed by atoms with Crippen molar-refractivity contribution in [2.24, 2.45) is 11.7 Å². The van der Waals surface area contributed by atoms with E-state index in [2.05, 4.69) is 10.3 Å². The van der Waals surface area contributed by atoms with Gasteiger partial charge in [0.15, 0.2) is 0 Å². The van der Waals surface area contributed by atoms with Gasteiger partial charge in [-0.3, -0.25) is 9.59 Å². The number of ether oxygens (including phenoxy) is 1. The van der Waals surface area contributed by atoms with Crippen LogP contribution >= 0.6 is 0 Å². The molecule has 2 rings (SSSR count). The van der Waals surface area contributed by atoms with Crippen LogP contribution in [0.25, 0.3) is 0 Å². The van der Waals surface area contributed by atoms with Gasteiger partial charge < -0.3 is 20.9 Å². The van der Waals surface area contributed by atoms with Gasteiger partial charge in [0.1, 0.15) is 11.4 Å². The smallest absolute Gasteiger partial charge is 0.354 e. The molecule has 2 heterocycles. The third-order valence-corrected chi connectivity index (χ3v) is 3.77. The third-order valence-electron chi connectivity index (χ3n) is 3.77. The van der Waals surface area contributed by atoms with E-state index in [-0.39, 0.29) is 23.7 Å². The molecule has 0 spiro atoms. The maximum absolute atomic E-state index is 12.3. The van der Waals surface area contributed by atoms with E-state index in [0.717, 1.165) is 12.8 Å². The summed E-state index contributed by atoms with van der Waals surface area (Å²) in [6, 6.07) is 3.76. The maximum atomic E-state index is 12.3. The first-order valence-corrected chi connectivity index (χ1v) is 7.34. The molecule has 2 amide bonds. The highest BCUT2D eigenvalue weighted by atomic mass is 16.5. The topological polar surface area (TPSA) is 132 Å². The number of hydrogen-bond acceptors (Lipinski definition) is 5. The van der Waals surface area contributed by atoms with Gasteiger partial charge in [-0.15, -0.1) is 0 Å². The lowest BCUT2D eigenvalue weighted by molar-refractivity contribution is -0.118. The van der Waals surface area contributed by atoms with E-state index < -0.39 is 23.8 Å². The summed E-state index contributed by atoms with van der Waals surface area (Å²) in [6.45, 7) is 1.14. The van der Waals surface area contributed by atoms with Crippen molar-refractivity contribution < 1.29 is 24.2 Å². The summed E-state index contributed by atoms with van der Waals surface area (Å²) < 4.78 is 5.28. The fourth-order valence-electron chi connectivity index (χ4n) is 2.59. The molecule has 1 fully saturated rings. The van der Waals surface area contributed by atoms with Crippen LogP contribution in [0.3, 0.4) is 0 Å². The number of carbonyl (C=O) groups excluding carboxylic acids is 2. The number of nitrogens with two attached hydrogens (primary N) is 1. The number of carbonyl (C=O) groups is 3. The number of rotatable bonds is 6. The van der Waals surface area contributed by atoms with Crippen LogP contribution in [0, 0.1) is 5.92 Å². The first kappa shape index (κ1) is 16.9. The Balaban J connectivity index is 2.11. The number of amides is 2. The Morgan fingerprint density at radius 1 is 1.30 bits per heavy atom. The summed E-state index contributed by atoms with van der Waals surface area (Å²) in [4.78, 5) is 38.3. The van der Waals surface area contributed by atoms with E-state index in [1.54, 1.807) is 0 Å². The molecule has 1 aliphatic rings. The van der Waals surface area contributed by atoms with Crippen LogP contribution in [0.2, 0.25) is 0 Å². The Morgan fingerprint density at radius 3 is 2.57 bits per heavy atom. The molecule has 124 valence electrons. The Kier molecular flexibility index (Phi) is 5.64. The van der Waals surface area contributed by atoms with Crippen molar-refractivity contribution in [2.75, 3.05) is 13.2 Å². The van der Waals surface area contributed by atoms with Gasteiger partial charge in [0.2, 0.25) is 5.91 Å². The summed E-state index contributed by atoms with van der Waals surface area (Å²) in [5, 5.41) is 11.7. The van der Waals surface area contributed by atoms with Gasteiger partial charge in [-0.1, -0.05) is 6.07 Å². The number of aromatic nitrogens is 1. The fraction of sp³-hybridized carbons (Fsp3) is 0.467. The number of aromatic carboxylic acids is 1. The summed E-state index contributed by atoms with van der Waals surface area (Å²) in [5.41, 5.74) is 5.04. The van der Waals surface area contributed by atoms with Crippen LogP contribution in [-0.4, -0.2) is 47.1 Å². The minimum Gasteiger partial charge on any atom is -0.477 e. The lowest BCUT2D eigenvalue weighted by Crippen LogP contribution is -2.44. The van der Waals surface area contributed by atoms with Crippen molar-refractivity contribution in [3.8, 4) is 0 Å². The van der Waals surface area contributed by atoms with Crippen molar-refractivity contribution in [2.45, 2.75) is 25.3 Å². The molecule has 1 unspecified atom stereocenters. The second-order valence-corrected chi connectivity index (χ2v) is 5.41. The zero-order valence-electron chi connectivity index (χ0n) is 12.5. The summed E-state index contributed by atoms with van der Waals surface area (Å²) in [5.74, 6) is -2.15. The second-order valence-electron chi connectivity index (χ2n) is 5.41. The average Bonchev–Trinajstić information content (AvgIpc) is 2.54. The molecule has 0 bridgehead atoms. The molecule has 0 radical (unpaired) electrons. The van der Waals surface area contributed by atoms with Gasteiger partial charge in [-0.05, 0) is 30.9 Å². The highest BCUT2D eigenvalue weighted by molar-refractivity contribution is 5.94. The maximum Gasteiger partial charge on any atom is 0.354 e. The van der Waals surface area contributed by atoms with Gasteiger partial charge in [0.05, 0.1) is 0 Å². The third kappa shape index (κ3) is 4.75. The largest absolute Gasteiger partial charge is 0.477 e. The molecular weight excluding hydrogens is 302 g/mol. The zero-order valence-corrected chi connectivity index (χ0v) is 12.5. The second kappa shape index (κ2) is 7.68. The first-order chi connectivity index (χ1) is 11.0. The molecule has 0 aromatic carbocycles. The van der Waals surface area contributed by atoms with Crippen molar-refractivity contribution in [3.05, 3.63) is 29.6 Å². The molecule has 0 saturated carbocycles. The molecule has 1 aliphatic heterocycles. The van der Waals surface area contributed by atoms with Crippen molar-refractivity contribution >= 4 is 17.8 Å². The van der Waals surface area contributed by atoms with Gasteiger partial charge in [0, 0.05) is 25.7 Å². The SMILES string of the molecule is NC(=O)CC(NC(=O)c1cccc(C(=O)O)n1)C1CCOCC1. The molecule has 23 heavy (non-hydrogen) atoms. The highest BCUT2D eigenvalue weighted by Crippen LogP contribution is 2.21. The minimum absolute atomic E-state index is 0.00794. The fourth-order valence-corrected chi connectivity index (χ4v) is 2.59. The molecule has 1 aromatic rings. The Labute approximate surface area is 133 Å². The molecular formula is C15H19N3O5. The molecule has 1 saturated heterocycles. The van der Waals surface area contributed by atoms with E-state index in [4.69, 9.17) is 15.6 Å². The Hall–Kier alpha value is -2.48. The molecule has 4 N–H and O–H groups in total. The Morgan fingerprint density at radius 2 is 1.96 bits per heavy atom. The standard InChI is InChI=1S/C15H19N3O5/c16-13(19)8-12(9-4-6-23-7-5-9)18-14(20)10-2-1-3-11(17-10)15(21)22/h1-3,9,12H,4-8H2,(H2,16,19)(H,18,20)(H,21,22). The predicted octanol–water partition coefficient (Wildman–Crippen LogP) is 0.180. The van der Waals surface area contributed by atoms with Crippen molar-refractivity contribution in [1.29, 1.82) is 0 Å². The van der Waals surface area contributed by atoms with Crippen LogP contribution in [0.15, 0.2) is 18.2 Å². The lowest BCUT2D eigenvalue weighted by atomic mass is 9.89. The molecule has 0 aliphatic carbocycles. The molecule has 8 heteroatoms. The van der Waals surface area contributed by atoms with Crippen LogP contribution in [0.5, 0.6) is 0 Å². The van der Waals surface area contributed by atoms with E-state index in [9.17, 15) is 14.4 Å². The number of pyridine rings is 1. The first-order valence-electron chi connectivity index (χ1n) is 7.34. The Bertz CT molecular complexity index is 599. The van der Waals surface area contributed by atoms with E-state index >= 15 is 0 Å².